The molecule has 1 atom stereocenters. The van der Waals surface area contributed by atoms with E-state index in [0.29, 0.717) is 0 Å². The second-order valence-corrected chi connectivity index (χ2v) is 5.04. The molecule has 0 heterocycles. The molecule has 0 radical (unpaired) electrons. The van der Waals surface area contributed by atoms with Crippen LogP contribution in [-0.2, 0) is 10.0 Å². The van der Waals surface area contributed by atoms with Gasteiger partial charge < -0.3 is 5.11 Å². The number of aliphatic hydroxyl groups is 1. The highest BCUT2D eigenvalue weighted by atomic mass is 32.2. The predicted octanol–water partition coefficient (Wildman–Crippen LogP) is 0.217. The molecule has 16 heavy (non-hydrogen) atoms. The van der Waals surface area contributed by atoms with E-state index >= 15 is 0 Å². The number of hydrogen-bond acceptors (Lipinski definition) is 4. The van der Waals surface area contributed by atoms with Gasteiger partial charge in [-0.2, -0.15) is 5.26 Å². The first-order chi connectivity index (χ1) is 7.47. The number of aliphatic hydroxyl groups excluding tert-OH is 1. The van der Waals surface area contributed by atoms with Crippen molar-refractivity contribution in [3.8, 4) is 6.07 Å². The zero-order chi connectivity index (χ0) is 12.2. The van der Waals surface area contributed by atoms with Crippen molar-refractivity contribution in [3.63, 3.8) is 0 Å². The highest BCUT2D eigenvalue weighted by Crippen LogP contribution is 2.13. The average Bonchev–Trinajstić information content (AvgIpc) is 2.26. The summed E-state index contributed by atoms with van der Waals surface area (Å²) in [4.78, 5) is -0.0712. The van der Waals surface area contributed by atoms with E-state index in [1.54, 1.807) is 6.07 Å². The normalized spacial score (nSPS) is 13.1. The number of rotatable bonds is 4. The molecule has 1 unspecified atom stereocenters. The quantitative estimate of drug-likeness (QED) is 0.787. The molecule has 0 aliphatic heterocycles. The maximum Gasteiger partial charge on any atom is 0.241 e. The summed E-state index contributed by atoms with van der Waals surface area (Å²) in [5.41, 5.74) is 0.0839. The van der Waals surface area contributed by atoms with Crippen LogP contribution in [0, 0.1) is 11.3 Å². The standard InChI is InChI=1S/C10H12N2O3S/c1-8(13)7-12-16(14,15)10-5-3-2-4-9(10)6-11/h2-5,8,12-13H,7H2,1H3. The van der Waals surface area contributed by atoms with Crippen LogP contribution in [0.15, 0.2) is 29.2 Å². The van der Waals surface area contributed by atoms with E-state index in [1.807, 2.05) is 6.07 Å². The summed E-state index contributed by atoms with van der Waals surface area (Å²) in [6.45, 7) is 1.39. The molecule has 0 fully saturated rings. The first-order valence-corrected chi connectivity index (χ1v) is 6.12. The smallest absolute Gasteiger partial charge is 0.241 e. The minimum Gasteiger partial charge on any atom is -0.392 e. The van der Waals surface area contributed by atoms with Gasteiger partial charge in [0.15, 0.2) is 0 Å². The van der Waals surface area contributed by atoms with Crippen LogP contribution in [0.2, 0.25) is 0 Å². The maximum absolute atomic E-state index is 11.7. The zero-order valence-corrected chi connectivity index (χ0v) is 9.53. The van der Waals surface area contributed by atoms with E-state index in [1.165, 1.54) is 25.1 Å². The molecule has 2 N–H and O–H groups in total. The number of nitrogens with zero attached hydrogens (tertiary/aromatic N) is 1. The SMILES string of the molecule is CC(O)CNS(=O)(=O)c1ccccc1C#N. The van der Waals surface area contributed by atoms with Crippen LogP contribution in [0.4, 0.5) is 0 Å². The van der Waals surface area contributed by atoms with E-state index in [4.69, 9.17) is 10.4 Å². The van der Waals surface area contributed by atoms with Crippen molar-refractivity contribution in [2.45, 2.75) is 17.9 Å². The lowest BCUT2D eigenvalue weighted by atomic mass is 10.2. The van der Waals surface area contributed by atoms with Gasteiger partial charge in [-0.1, -0.05) is 12.1 Å². The fourth-order valence-electron chi connectivity index (χ4n) is 1.10. The number of hydrogen-bond donors (Lipinski definition) is 2. The van der Waals surface area contributed by atoms with Gasteiger partial charge in [0.1, 0.15) is 6.07 Å². The number of sulfonamides is 1. The molecule has 0 amide bonds. The minimum atomic E-state index is -3.73. The van der Waals surface area contributed by atoms with Crippen molar-refractivity contribution >= 4 is 10.0 Å². The molecule has 0 spiro atoms. The van der Waals surface area contributed by atoms with Gasteiger partial charge in [0, 0.05) is 6.54 Å². The van der Waals surface area contributed by atoms with E-state index in [-0.39, 0.29) is 17.0 Å². The van der Waals surface area contributed by atoms with Gasteiger partial charge in [0.05, 0.1) is 16.6 Å². The Bertz CT molecular complexity index is 503. The Morgan fingerprint density at radius 3 is 2.69 bits per heavy atom. The third-order valence-electron chi connectivity index (χ3n) is 1.87. The molecule has 1 rings (SSSR count). The molecule has 6 heteroatoms. The third-order valence-corrected chi connectivity index (χ3v) is 3.35. The Morgan fingerprint density at radius 2 is 2.12 bits per heavy atom. The minimum absolute atomic E-state index is 0.0712. The summed E-state index contributed by atoms with van der Waals surface area (Å²) < 4.78 is 25.7. The molecular formula is C10H12N2O3S. The molecule has 0 saturated heterocycles. The molecule has 0 saturated carbocycles. The monoisotopic (exact) mass is 240 g/mol. The van der Waals surface area contributed by atoms with Crippen molar-refractivity contribution in [2.24, 2.45) is 0 Å². The molecule has 0 aromatic heterocycles. The predicted molar refractivity (Wildman–Crippen MR) is 58.0 cm³/mol. The van der Waals surface area contributed by atoms with Crippen LogP contribution >= 0.6 is 0 Å². The van der Waals surface area contributed by atoms with Gasteiger partial charge in [0.2, 0.25) is 10.0 Å². The first-order valence-electron chi connectivity index (χ1n) is 4.64. The highest BCUT2D eigenvalue weighted by Gasteiger charge is 2.17. The van der Waals surface area contributed by atoms with Crippen molar-refractivity contribution in [2.75, 3.05) is 6.54 Å². The van der Waals surface area contributed by atoms with Crippen LogP contribution in [0.25, 0.3) is 0 Å². The molecule has 1 aromatic carbocycles. The third kappa shape index (κ3) is 3.03. The van der Waals surface area contributed by atoms with E-state index < -0.39 is 16.1 Å². The van der Waals surface area contributed by atoms with Gasteiger partial charge in [-0.05, 0) is 19.1 Å². The maximum atomic E-state index is 11.7. The molecule has 0 bridgehead atoms. The highest BCUT2D eigenvalue weighted by molar-refractivity contribution is 7.89. The van der Waals surface area contributed by atoms with E-state index in [0.717, 1.165) is 0 Å². The van der Waals surface area contributed by atoms with Gasteiger partial charge in [-0.15, -0.1) is 0 Å². The molecule has 1 aromatic rings. The molecule has 0 aliphatic carbocycles. The second-order valence-electron chi connectivity index (χ2n) is 3.31. The van der Waals surface area contributed by atoms with Crippen LogP contribution in [0.1, 0.15) is 12.5 Å². The fraction of sp³-hybridized carbons (Fsp3) is 0.300. The first kappa shape index (κ1) is 12.6. The molecule has 86 valence electrons. The summed E-state index contributed by atoms with van der Waals surface area (Å²) in [7, 11) is -3.73. The zero-order valence-electron chi connectivity index (χ0n) is 8.71. The van der Waals surface area contributed by atoms with E-state index in [9.17, 15) is 8.42 Å². The molecule has 5 nitrogen and oxygen atoms in total. The van der Waals surface area contributed by atoms with E-state index in [2.05, 4.69) is 4.72 Å². The van der Waals surface area contributed by atoms with Crippen molar-refractivity contribution in [1.29, 1.82) is 5.26 Å². The second kappa shape index (κ2) is 5.07. The number of nitrogens with one attached hydrogen (secondary N) is 1. The Balaban J connectivity index is 3.04. The topological polar surface area (TPSA) is 90.2 Å². The van der Waals surface area contributed by atoms with Crippen LogP contribution in [0.3, 0.4) is 0 Å². The summed E-state index contributed by atoms with van der Waals surface area (Å²) in [5.74, 6) is 0. The van der Waals surface area contributed by atoms with Gasteiger partial charge in [-0.25, -0.2) is 13.1 Å². The number of nitriles is 1. The van der Waals surface area contributed by atoms with Crippen LogP contribution in [-0.4, -0.2) is 26.2 Å². The van der Waals surface area contributed by atoms with Crippen molar-refractivity contribution in [1.82, 2.24) is 4.72 Å². The summed E-state index contributed by atoms with van der Waals surface area (Å²) >= 11 is 0. The van der Waals surface area contributed by atoms with Gasteiger partial charge in [-0.3, -0.25) is 0 Å². The fourth-order valence-corrected chi connectivity index (χ4v) is 2.38. The summed E-state index contributed by atoms with van der Waals surface area (Å²) in [6, 6.07) is 7.71. The Morgan fingerprint density at radius 1 is 1.50 bits per heavy atom. The van der Waals surface area contributed by atoms with Crippen LogP contribution < -0.4 is 4.72 Å². The Labute approximate surface area is 94.4 Å². The van der Waals surface area contributed by atoms with Gasteiger partial charge >= 0.3 is 0 Å². The Kier molecular flexibility index (Phi) is 4.01. The Hall–Kier alpha value is -1.42. The number of benzene rings is 1. The summed E-state index contributed by atoms with van der Waals surface area (Å²) in [6.07, 6.45) is -0.774. The average molecular weight is 240 g/mol. The van der Waals surface area contributed by atoms with Crippen molar-refractivity contribution in [3.05, 3.63) is 29.8 Å². The lowest BCUT2D eigenvalue weighted by molar-refractivity contribution is 0.198. The lowest BCUT2D eigenvalue weighted by Crippen LogP contribution is -2.31. The largest absolute Gasteiger partial charge is 0.392 e. The van der Waals surface area contributed by atoms with Crippen LogP contribution in [0.5, 0.6) is 0 Å². The van der Waals surface area contributed by atoms with Crippen molar-refractivity contribution < 1.29 is 13.5 Å². The molecular weight excluding hydrogens is 228 g/mol. The lowest BCUT2D eigenvalue weighted by Gasteiger charge is -2.09. The molecule has 0 aliphatic rings. The summed E-state index contributed by atoms with van der Waals surface area (Å²) in [5, 5.41) is 17.8. The van der Waals surface area contributed by atoms with Gasteiger partial charge in [0.25, 0.3) is 0 Å².